The van der Waals surface area contributed by atoms with Crippen LogP contribution in [0.5, 0.6) is 5.75 Å². The molecule has 0 saturated carbocycles. The lowest BCUT2D eigenvalue weighted by Crippen LogP contribution is -2.48. The Morgan fingerprint density at radius 2 is 1.94 bits per heavy atom. The molecule has 0 aromatic heterocycles. The molecule has 4 aliphatic heterocycles. The predicted molar refractivity (Wildman–Crippen MR) is 194 cm³/mol. The van der Waals surface area contributed by atoms with E-state index in [2.05, 4.69) is 20.6 Å². The second-order valence-electron chi connectivity index (χ2n) is 14.9. The van der Waals surface area contributed by atoms with Crippen molar-refractivity contribution in [3.63, 3.8) is 0 Å². The van der Waals surface area contributed by atoms with Gasteiger partial charge < -0.3 is 23.8 Å². The minimum absolute atomic E-state index is 0.101. The Morgan fingerprint density at radius 3 is 2.76 bits per heavy atom. The fourth-order valence-corrected chi connectivity index (χ4v) is 9.86. The lowest BCUT2D eigenvalue weighted by Gasteiger charge is -2.42. The van der Waals surface area contributed by atoms with Gasteiger partial charge in [-0.3, -0.25) is 9.69 Å². The van der Waals surface area contributed by atoms with E-state index in [1.54, 1.807) is 32.0 Å². The number of ether oxygens (including phenoxy) is 4. The Balaban J connectivity index is 1.27. The van der Waals surface area contributed by atoms with Crippen molar-refractivity contribution in [3.05, 3.63) is 70.0 Å². The van der Waals surface area contributed by atoms with Crippen LogP contribution in [-0.2, 0) is 36.1 Å². The summed E-state index contributed by atoms with van der Waals surface area (Å²) in [6, 6.07) is 11.2. The number of aryl methyl sites for hydroxylation is 1. The molecule has 5 aliphatic rings. The molecule has 1 spiro atoms. The summed E-state index contributed by atoms with van der Waals surface area (Å²) in [6.07, 6.45) is 3.57. The average molecular weight is 746 g/mol. The molecular formula is C38H49ClFN3O7S. The molecule has 4 heterocycles. The van der Waals surface area contributed by atoms with Crippen LogP contribution in [0.1, 0.15) is 61.0 Å². The summed E-state index contributed by atoms with van der Waals surface area (Å²) in [5.41, 5.74) is 2.94. The fourth-order valence-electron chi connectivity index (χ4n) is 8.38. The van der Waals surface area contributed by atoms with Crippen molar-refractivity contribution in [2.75, 3.05) is 70.7 Å². The van der Waals surface area contributed by atoms with Crippen LogP contribution in [0.15, 0.2) is 48.3 Å². The molecule has 0 radical (unpaired) electrons. The molecule has 2 aromatic carbocycles. The number of carbonyl (C=O) groups is 1. The highest BCUT2D eigenvalue weighted by molar-refractivity contribution is 7.90. The van der Waals surface area contributed by atoms with E-state index >= 15 is 4.39 Å². The standard InChI is InChI=1S/C38H49ClFN3O7S/c1-25-5-9-32(40)36(49-19-15-42-13-17-47-18-14-42)35-29(11-16-48-35)22-43-23-38(12-3-4-27-20-30(39)7-8-31(27)38)24-50-34-10-6-28(21-33(34)43)37(44)41-51(45,46)26(25)2/h6-10,20-21,25-26,29,35-36H,3-5,11-19,22-24H2,1-2H3,(H,41,44)/b32-9-/t25-,26+,29-,35+,36+,38-/m0/s1. The molecule has 2 bridgehead atoms. The first kappa shape index (κ1) is 36.6. The summed E-state index contributed by atoms with van der Waals surface area (Å²) in [7, 11) is -4.09. The van der Waals surface area contributed by atoms with Gasteiger partial charge in [0.15, 0.2) is 0 Å². The zero-order valence-corrected chi connectivity index (χ0v) is 31.0. The van der Waals surface area contributed by atoms with Crippen LogP contribution < -0.4 is 14.4 Å². The van der Waals surface area contributed by atoms with E-state index in [9.17, 15) is 13.2 Å². The molecular weight excluding hydrogens is 697 g/mol. The van der Waals surface area contributed by atoms with Gasteiger partial charge in [0.25, 0.3) is 5.91 Å². The fraction of sp³-hybridized carbons (Fsp3) is 0.605. The third-order valence-corrected chi connectivity index (χ3v) is 13.8. The minimum Gasteiger partial charge on any atom is -0.490 e. The van der Waals surface area contributed by atoms with E-state index in [-0.39, 0.29) is 23.3 Å². The lowest BCUT2D eigenvalue weighted by molar-refractivity contribution is -0.0609. The summed E-state index contributed by atoms with van der Waals surface area (Å²) in [5.74, 6) is -1.15. The van der Waals surface area contributed by atoms with Crippen molar-refractivity contribution in [1.82, 2.24) is 9.62 Å². The lowest BCUT2D eigenvalue weighted by atomic mass is 9.70. The Hall–Kier alpha value is -2.74. The number of fused-ring (bicyclic) bond motifs is 4. The molecule has 10 nitrogen and oxygen atoms in total. The SMILES string of the molecule is C[C@@H]1[C@@H](C)C/C=C(\F)[C@@H](OCCN2CCOCC2)[C@@H]2OCC[C@H]2CN2C[C@@]3(CCCc4cc(Cl)ccc43)COc3ccc(cc32)C(=O)NS1(=O)=O. The Morgan fingerprint density at radius 1 is 1.12 bits per heavy atom. The molecule has 278 valence electrons. The van der Waals surface area contributed by atoms with Crippen LogP contribution >= 0.6 is 11.6 Å². The van der Waals surface area contributed by atoms with Crippen molar-refractivity contribution < 1.29 is 36.6 Å². The number of hydrogen-bond donors (Lipinski definition) is 1. The Bertz CT molecular complexity index is 1740. The largest absolute Gasteiger partial charge is 0.490 e. The number of amides is 1. The Labute approximate surface area is 305 Å². The van der Waals surface area contributed by atoms with E-state index in [4.69, 9.17) is 30.5 Å². The third kappa shape index (κ3) is 7.82. The molecule has 0 unspecified atom stereocenters. The minimum atomic E-state index is -4.09. The molecule has 1 N–H and O–H groups in total. The molecule has 2 aromatic rings. The number of halogens is 2. The van der Waals surface area contributed by atoms with Gasteiger partial charge in [-0.1, -0.05) is 24.6 Å². The van der Waals surface area contributed by atoms with Gasteiger partial charge in [0.1, 0.15) is 17.7 Å². The third-order valence-electron chi connectivity index (χ3n) is 11.6. The van der Waals surface area contributed by atoms with Crippen LogP contribution in [-0.4, -0.2) is 102 Å². The van der Waals surface area contributed by atoms with Gasteiger partial charge in [-0.2, -0.15) is 0 Å². The summed E-state index contributed by atoms with van der Waals surface area (Å²) < 4.78 is 70.5. The first-order valence-corrected chi connectivity index (χ1v) is 20.2. The number of carbonyl (C=O) groups excluding carboxylic acids is 1. The van der Waals surface area contributed by atoms with Gasteiger partial charge in [-0.15, -0.1) is 0 Å². The smallest absolute Gasteiger partial charge is 0.264 e. The maximum atomic E-state index is 16.5. The summed E-state index contributed by atoms with van der Waals surface area (Å²) in [6.45, 7) is 9.13. The number of rotatable bonds is 4. The monoisotopic (exact) mass is 745 g/mol. The van der Waals surface area contributed by atoms with E-state index in [1.165, 1.54) is 17.2 Å². The van der Waals surface area contributed by atoms with Gasteiger partial charge in [-0.25, -0.2) is 17.5 Å². The molecule has 13 heteroatoms. The van der Waals surface area contributed by atoms with Crippen molar-refractivity contribution in [3.8, 4) is 5.75 Å². The topological polar surface area (TPSA) is 107 Å². The van der Waals surface area contributed by atoms with E-state index in [0.29, 0.717) is 75.5 Å². The summed E-state index contributed by atoms with van der Waals surface area (Å²) in [5, 5.41) is -0.265. The molecule has 51 heavy (non-hydrogen) atoms. The zero-order valence-electron chi connectivity index (χ0n) is 29.5. The maximum absolute atomic E-state index is 16.5. The number of allylic oxidation sites excluding steroid dienone is 1. The van der Waals surface area contributed by atoms with Gasteiger partial charge in [0.05, 0.1) is 43.5 Å². The molecule has 2 fully saturated rings. The average Bonchev–Trinajstić information content (AvgIpc) is 3.51. The number of anilines is 1. The number of nitrogens with one attached hydrogen (secondary N) is 1. The van der Waals surface area contributed by atoms with Crippen molar-refractivity contribution in [2.45, 2.75) is 68.8 Å². The van der Waals surface area contributed by atoms with E-state index < -0.39 is 45.1 Å². The highest BCUT2D eigenvalue weighted by atomic mass is 35.5. The maximum Gasteiger partial charge on any atom is 0.264 e. The first-order chi connectivity index (χ1) is 24.5. The highest BCUT2D eigenvalue weighted by Gasteiger charge is 2.45. The van der Waals surface area contributed by atoms with Crippen LogP contribution in [0, 0.1) is 11.8 Å². The predicted octanol–water partition coefficient (Wildman–Crippen LogP) is 5.28. The number of nitrogens with zero attached hydrogens (tertiary/aromatic N) is 2. The van der Waals surface area contributed by atoms with Crippen LogP contribution in [0.2, 0.25) is 5.02 Å². The highest BCUT2D eigenvalue weighted by Crippen LogP contribution is 2.45. The van der Waals surface area contributed by atoms with E-state index in [1.807, 2.05) is 12.1 Å². The van der Waals surface area contributed by atoms with Gasteiger partial charge >= 0.3 is 0 Å². The van der Waals surface area contributed by atoms with Gasteiger partial charge in [0, 0.05) is 61.2 Å². The number of benzene rings is 2. The summed E-state index contributed by atoms with van der Waals surface area (Å²) in [4.78, 5) is 18.0. The second-order valence-corrected chi connectivity index (χ2v) is 17.4. The number of sulfonamides is 1. The number of hydrogen-bond acceptors (Lipinski definition) is 9. The Kier molecular flexibility index (Phi) is 11.0. The van der Waals surface area contributed by atoms with Crippen LogP contribution in [0.3, 0.4) is 0 Å². The van der Waals surface area contributed by atoms with Crippen LogP contribution in [0.4, 0.5) is 10.1 Å². The normalized spacial score (nSPS) is 32.5. The van der Waals surface area contributed by atoms with Gasteiger partial charge in [-0.05, 0) is 92.5 Å². The van der Waals surface area contributed by atoms with Crippen molar-refractivity contribution >= 4 is 33.2 Å². The first-order valence-electron chi connectivity index (χ1n) is 18.3. The summed E-state index contributed by atoms with van der Waals surface area (Å²) >= 11 is 6.45. The molecule has 2 saturated heterocycles. The quantitative estimate of drug-likeness (QED) is 0.448. The number of morpholine rings is 1. The molecule has 1 aliphatic carbocycles. The van der Waals surface area contributed by atoms with Crippen LogP contribution in [0.25, 0.3) is 0 Å². The van der Waals surface area contributed by atoms with Crippen molar-refractivity contribution in [2.24, 2.45) is 11.8 Å². The molecule has 1 amide bonds. The zero-order chi connectivity index (χ0) is 35.8. The van der Waals surface area contributed by atoms with Crippen molar-refractivity contribution in [1.29, 1.82) is 0 Å². The molecule has 7 rings (SSSR count). The molecule has 6 atom stereocenters. The van der Waals surface area contributed by atoms with E-state index in [0.717, 1.165) is 32.4 Å². The second kappa shape index (κ2) is 15.3. The van der Waals surface area contributed by atoms with Gasteiger partial charge in [0.2, 0.25) is 10.0 Å².